The van der Waals surface area contributed by atoms with Gasteiger partial charge in [-0.15, -0.1) is 0 Å². The summed E-state index contributed by atoms with van der Waals surface area (Å²) in [4.78, 5) is 16.2. The van der Waals surface area contributed by atoms with E-state index in [2.05, 4.69) is 219 Å². The van der Waals surface area contributed by atoms with Gasteiger partial charge in [0, 0.05) is 38.2 Å². The van der Waals surface area contributed by atoms with Gasteiger partial charge in [-0.05, 0) is 179 Å². The molecule has 7 nitrogen and oxygen atoms in total. The van der Waals surface area contributed by atoms with Gasteiger partial charge in [-0.1, -0.05) is 152 Å². The Bertz CT molecular complexity index is 4510. The molecule has 3 heterocycles. The number of hydrogen-bond acceptors (Lipinski definition) is 5. The minimum Gasteiger partial charge on any atom is -0.308 e. The van der Waals surface area contributed by atoms with Gasteiger partial charge in [-0.2, -0.15) is 10.5 Å². The molecule has 0 spiro atoms. The zero-order valence-corrected chi connectivity index (χ0v) is 45.6. The Balaban J connectivity index is 1.03. The van der Waals surface area contributed by atoms with Crippen LogP contribution in [0.3, 0.4) is 0 Å². The molecular formula is C75H51N7. The zero-order valence-electron chi connectivity index (χ0n) is 45.6. The average molecular weight is 1050 g/mol. The second-order valence-electron chi connectivity index (χ2n) is 21.2. The van der Waals surface area contributed by atoms with Crippen LogP contribution in [-0.4, -0.2) is 24.1 Å². The van der Waals surface area contributed by atoms with Gasteiger partial charge in [0.05, 0.1) is 56.7 Å². The first-order valence-electron chi connectivity index (χ1n) is 27.5. The molecule has 82 heavy (non-hydrogen) atoms. The molecule has 3 aromatic heterocycles. The first-order valence-corrected chi connectivity index (χ1v) is 27.5. The summed E-state index contributed by atoms with van der Waals surface area (Å²) < 4.78 is 4.57. The van der Waals surface area contributed by atoms with E-state index in [1.807, 2.05) is 66.7 Å². The number of aryl methyl sites for hydroxylation is 4. The van der Waals surface area contributed by atoms with Gasteiger partial charge < -0.3 is 9.13 Å². The molecule has 0 aliphatic heterocycles. The maximum Gasteiger partial charge on any atom is 0.166 e. The number of aromatic nitrogens is 5. The lowest BCUT2D eigenvalue weighted by Crippen LogP contribution is -2.06. The Morgan fingerprint density at radius 3 is 0.902 bits per heavy atom. The fraction of sp³-hybridized carbons (Fsp3) is 0.0533. The lowest BCUT2D eigenvalue weighted by Gasteiger charge is -2.17. The lowest BCUT2D eigenvalue weighted by atomic mass is 9.97. The van der Waals surface area contributed by atoms with E-state index in [4.69, 9.17) is 15.0 Å². The van der Waals surface area contributed by atoms with Crippen LogP contribution in [0, 0.1) is 50.4 Å². The third kappa shape index (κ3) is 8.39. The highest BCUT2D eigenvalue weighted by molar-refractivity contribution is 6.13. The lowest BCUT2D eigenvalue weighted by molar-refractivity contribution is 1.06. The van der Waals surface area contributed by atoms with Crippen LogP contribution in [0.25, 0.3) is 134 Å². The molecule has 0 saturated heterocycles. The van der Waals surface area contributed by atoms with E-state index in [1.54, 1.807) is 0 Å². The molecule has 0 fully saturated rings. The van der Waals surface area contributed by atoms with Crippen molar-refractivity contribution in [2.24, 2.45) is 0 Å². The predicted molar refractivity (Wildman–Crippen MR) is 335 cm³/mol. The predicted octanol–water partition coefficient (Wildman–Crippen LogP) is 18.7. The summed E-state index contributed by atoms with van der Waals surface area (Å²) in [7, 11) is 0. The molecule has 0 aliphatic rings. The minimum atomic E-state index is 0.375. The van der Waals surface area contributed by atoms with Crippen molar-refractivity contribution in [1.82, 2.24) is 24.1 Å². The number of rotatable bonds is 9. The van der Waals surface area contributed by atoms with Crippen LogP contribution in [0.1, 0.15) is 33.4 Å². The van der Waals surface area contributed by atoms with Gasteiger partial charge in [0.15, 0.2) is 17.5 Å². The monoisotopic (exact) mass is 1050 g/mol. The summed E-state index contributed by atoms with van der Waals surface area (Å²) in [5.74, 6) is 1.20. The standard InChI is InChI=1S/C75H51N7/c1-46-16-8-12-22-57(46)53-28-34-67-61(40-53)62-41-54(58-23-13-9-17-47(58)2)29-35-68(62)81(67)71-32-26-50(44-76)38-65(71)74-78-73(52-20-6-5-7-21-52)79-75(80-74)66-39-51(45-77)27-33-72(66)82-69-36-30-55(59-24-14-10-18-48(59)3)42-63(69)64-43-56(31-37-70(64)82)60-25-15-11-19-49(60)4/h5-43H,1-4H3. The van der Waals surface area contributed by atoms with Crippen LogP contribution in [0.5, 0.6) is 0 Å². The molecule has 0 radical (unpaired) electrons. The number of benzene rings is 11. The van der Waals surface area contributed by atoms with Crippen molar-refractivity contribution in [1.29, 1.82) is 10.5 Å². The number of nitriles is 2. The molecular weight excluding hydrogens is 999 g/mol. The second-order valence-corrected chi connectivity index (χ2v) is 21.2. The highest BCUT2D eigenvalue weighted by atomic mass is 15.1. The number of hydrogen-bond donors (Lipinski definition) is 0. The first kappa shape index (κ1) is 49.3. The summed E-state index contributed by atoms with van der Waals surface area (Å²) in [6.07, 6.45) is 0. The van der Waals surface area contributed by atoms with Crippen LogP contribution in [-0.2, 0) is 0 Å². The van der Waals surface area contributed by atoms with E-state index in [0.29, 0.717) is 39.7 Å². The van der Waals surface area contributed by atoms with Gasteiger partial charge in [0.1, 0.15) is 0 Å². The Hall–Kier alpha value is -11.0. The van der Waals surface area contributed by atoms with Gasteiger partial charge >= 0.3 is 0 Å². The summed E-state index contributed by atoms with van der Waals surface area (Å²) in [5, 5.41) is 25.7. The normalized spacial score (nSPS) is 11.4. The molecule has 0 atom stereocenters. The third-order valence-electron chi connectivity index (χ3n) is 16.2. The fourth-order valence-corrected chi connectivity index (χ4v) is 12.1. The SMILES string of the molecule is Cc1ccccc1-c1ccc2c(c1)c1cc(-c3ccccc3C)ccc1n2-c1ccc(C#N)cc1-c1nc(-c2ccccc2)nc(-c2cc(C#N)ccc2-n2c3ccc(-c4ccccc4C)cc3c3cc(-c4ccccc4C)ccc32)n1. The number of nitrogens with zero attached hydrogens (tertiary/aromatic N) is 7. The van der Waals surface area contributed by atoms with Crippen LogP contribution in [0.2, 0.25) is 0 Å². The minimum absolute atomic E-state index is 0.375. The highest BCUT2D eigenvalue weighted by Crippen LogP contribution is 2.43. The van der Waals surface area contributed by atoms with E-state index in [1.165, 1.54) is 44.5 Å². The second kappa shape index (κ2) is 20.0. The Kier molecular flexibility index (Phi) is 12.0. The molecule has 386 valence electrons. The van der Waals surface area contributed by atoms with Crippen molar-refractivity contribution >= 4 is 43.6 Å². The summed E-state index contributed by atoms with van der Waals surface area (Å²) in [5.41, 5.74) is 22.5. The maximum absolute atomic E-state index is 10.7. The van der Waals surface area contributed by atoms with Crippen LogP contribution in [0.4, 0.5) is 0 Å². The molecule has 0 amide bonds. The summed E-state index contributed by atoms with van der Waals surface area (Å²) in [6, 6.07) is 87.2. The number of fused-ring (bicyclic) bond motifs is 6. The molecule has 0 saturated carbocycles. The largest absolute Gasteiger partial charge is 0.308 e. The fourth-order valence-electron chi connectivity index (χ4n) is 12.1. The first-order chi connectivity index (χ1) is 40.2. The average Bonchev–Trinajstić information content (AvgIpc) is 3.04. The van der Waals surface area contributed by atoms with Crippen molar-refractivity contribution in [2.75, 3.05) is 0 Å². The molecule has 14 rings (SSSR count). The zero-order chi connectivity index (χ0) is 55.6. The van der Waals surface area contributed by atoms with Crippen molar-refractivity contribution < 1.29 is 0 Å². The smallest absolute Gasteiger partial charge is 0.166 e. The maximum atomic E-state index is 10.7. The van der Waals surface area contributed by atoms with Gasteiger partial charge in [-0.3, -0.25) is 0 Å². The van der Waals surface area contributed by atoms with Gasteiger partial charge in [-0.25, -0.2) is 15.0 Å². The Morgan fingerprint density at radius 1 is 0.280 bits per heavy atom. The molecule has 0 bridgehead atoms. The summed E-state index contributed by atoms with van der Waals surface area (Å²) >= 11 is 0. The van der Waals surface area contributed by atoms with E-state index in [0.717, 1.165) is 82.8 Å². The van der Waals surface area contributed by atoms with Crippen LogP contribution < -0.4 is 0 Å². The van der Waals surface area contributed by atoms with Crippen LogP contribution >= 0.6 is 0 Å². The van der Waals surface area contributed by atoms with E-state index >= 15 is 0 Å². The molecule has 7 heteroatoms. The van der Waals surface area contributed by atoms with Gasteiger partial charge in [0.2, 0.25) is 0 Å². The van der Waals surface area contributed by atoms with Crippen molar-refractivity contribution in [3.63, 3.8) is 0 Å². The molecule has 0 N–H and O–H groups in total. The highest BCUT2D eigenvalue weighted by Gasteiger charge is 2.25. The van der Waals surface area contributed by atoms with Crippen molar-refractivity contribution in [3.8, 4) is 102 Å². The topological polar surface area (TPSA) is 96.1 Å². The van der Waals surface area contributed by atoms with E-state index in [-0.39, 0.29) is 0 Å². The third-order valence-corrected chi connectivity index (χ3v) is 16.2. The Morgan fingerprint density at radius 2 is 0.585 bits per heavy atom. The van der Waals surface area contributed by atoms with Gasteiger partial charge in [0.25, 0.3) is 0 Å². The molecule has 0 unspecified atom stereocenters. The molecule has 14 aromatic rings. The molecule has 11 aromatic carbocycles. The Labute approximate surface area is 475 Å². The quantitative estimate of drug-likeness (QED) is 0.143. The van der Waals surface area contributed by atoms with Crippen molar-refractivity contribution in [2.45, 2.75) is 27.7 Å². The van der Waals surface area contributed by atoms with Crippen molar-refractivity contribution in [3.05, 3.63) is 270 Å². The molecule has 0 aliphatic carbocycles. The van der Waals surface area contributed by atoms with Crippen LogP contribution in [0.15, 0.2) is 237 Å². The van der Waals surface area contributed by atoms with E-state index in [9.17, 15) is 10.5 Å². The van der Waals surface area contributed by atoms with E-state index < -0.39 is 0 Å². The summed E-state index contributed by atoms with van der Waals surface area (Å²) in [6.45, 7) is 8.62.